The van der Waals surface area contributed by atoms with Gasteiger partial charge in [0.2, 0.25) is 15.9 Å². The lowest BCUT2D eigenvalue weighted by Crippen LogP contribution is -2.31. The van der Waals surface area contributed by atoms with Crippen molar-refractivity contribution in [2.24, 2.45) is 0 Å². The molecule has 2 heterocycles. The molecule has 0 saturated carbocycles. The van der Waals surface area contributed by atoms with Crippen LogP contribution in [-0.4, -0.2) is 41.8 Å². The van der Waals surface area contributed by atoms with Gasteiger partial charge in [-0.05, 0) is 40.5 Å². The zero-order chi connectivity index (χ0) is 18.0. The predicted molar refractivity (Wildman–Crippen MR) is 92.8 cm³/mol. The first-order chi connectivity index (χ1) is 11.9. The third-order valence-electron chi connectivity index (χ3n) is 3.79. The highest BCUT2D eigenvalue weighted by Crippen LogP contribution is 2.30. The molecule has 1 saturated heterocycles. The topological polar surface area (TPSA) is 103 Å². The predicted octanol–water partition coefficient (Wildman–Crippen LogP) is 2.59. The van der Waals surface area contributed by atoms with Crippen molar-refractivity contribution in [1.82, 2.24) is 9.29 Å². The summed E-state index contributed by atoms with van der Waals surface area (Å²) in [5, 5.41) is 11.1. The standard InChI is InChI=1S/C15H14BrN3O5S/c16-12-4-3-8-17-15(12)24-11-7-9-18(10-11)25(22,23)14-6-2-1-5-13(14)19(20)21/h1-6,8,11H,7,9-10H2. The Labute approximate surface area is 152 Å². The Hall–Kier alpha value is -2.04. The average molecular weight is 428 g/mol. The number of hydrogen-bond acceptors (Lipinski definition) is 6. The molecule has 2 aromatic rings. The van der Waals surface area contributed by atoms with Crippen LogP contribution in [0, 0.1) is 10.1 Å². The Kier molecular flexibility index (Phi) is 5.02. The van der Waals surface area contributed by atoms with Crippen LogP contribution >= 0.6 is 15.9 Å². The minimum Gasteiger partial charge on any atom is -0.472 e. The molecule has 132 valence electrons. The number of nitro benzene ring substituents is 1. The summed E-state index contributed by atoms with van der Waals surface area (Å²) < 4.78 is 33.2. The Morgan fingerprint density at radius 3 is 2.76 bits per heavy atom. The van der Waals surface area contributed by atoms with E-state index >= 15 is 0 Å². The zero-order valence-corrected chi connectivity index (χ0v) is 15.3. The lowest BCUT2D eigenvalue weighted by molar-refractivity contribution is -0.387. The van der Waals surface area contributed by atoms with Gasteiger partial charge in [-0.25, -0.2) is 13.4 Å². The van der Waals surface area contributed by atoms with Gasteiger partial charge < -0.3 is 4.74 Å². The smallest absolute Gasteiger partial charge is 0.289 e. The maximum absolute atomic E-state index is 12.8. The molecule has 1 atom stereocenters. The summed E-state index contributed by atoms with van der Waals surface area (Å²) in [4.78, 5) is 14.2. The molecule has 0 aliphatic carbocycles. The Balaban J connectivity index is 1.80. The summed E-state index contributed by atoms with van der Waals surface area (Å²) in [6.45, 7) is 0.334. The number of nitrogens with zero attached hydrogens (tertiary/aromatic N) is 3. The fraction of sp³-hybridized carbons (Fsp3) is 0.267. The highest BCUT2D eigenvalue weighted by atomic mass is 79.9. The summed E-state index contributed by atoms with van der Waals surface area (Å²) in [5.74, 6) is 0.387. The fourth-order valence-corrected chi connectivity index (χ4v) is 4.59. The van der Waals surface area contributed by atoms with Gasteiger partial charge in [-0.2, -0.15) is 4.31 Å². The van der Waals surface area contributed by atoms with Crippen LogP contribution in [0.4, 0.5) is 5.69 Å². The number of rotatable bonds is 5. The molecule has 25 heavy (non-hydrogen) atoms. The zero-order valence-electron chi connectivity index (χ0n) is 12.9. The third kappa shape index (κ3) is 3.65. The van der Waals surface area contributed by atoms with Crippen LogP contribution in [0.2, 0.25) is 0 Å². The van der Waals surface area contributed by atoms with Crippen molar-refractivity contribution in [2.75, 3.05) is 13.1 Å². The quantitative estimate of drug-likeness (QED) is 0.536. The number of sulfonamides is 1. The summed E-state index contributed by atoms with van der Waals surface area (Å²) in [6.07, 6.45) is 1.68. The maximum atomic E-state index is 12.8. The fourth-order valence-electron chi connectivity index (χ4n) is 2.59. The maximum Gasteiger partial charge on any atom is 0.289 e. The monoisotopic (exact) mass is 427 g/mol. The molecule has 0 amide bonds. The van der Waals surface area contributed by atoms with Crippen LogP contribution in [0.3, 0.4) is 0 Å². The molecule has 1 unspecified atom stereocenters. The van der Waals surface area contributed by atoms with Crippen LogP contribution < -0.4 is 4.74 Å². The third-order valence-corrected chi connectivity index (χ3v) is 6.31. The van der Waals surface area contributed by atoms with E-state index in [0.717, 1.165) is 0 Å². The summed E-state index contributed by atoms with van der Waals surface area (Å²) >= 11 is 3.33. The first kappa shape index (κ1) is 17.8. The van der Waals surface area contributed by atoms with Crippen molar-refractivity contribution in [3.8, 4) is 5.88 Å². The highest BCUT2D eigenvalue weighted by Gasteiger charge is 2.37. The molecule has 8 nitrogen and oxygen atoms in total. The van der Waals surface area contributed by atoms with Gasteiger partial charge in [-0.3, -0.25) is 10.1 Å². The largest absolute Gasteiger partial charge is 0.472 e. The van der Waals surface area contributed by atoms with Crippen molar-refractivity contribution in [2.45, 2.75) is 17.4 Å². The number of ether oxygens (including phenoxy) is 1. The van der Waals surface area contributed by atoms with Crippen LogP contribution in [0.25, 0.3) is 0 Å². The number of halogens is 1. The lowest BCUT2D eigenvalue weighted by atomic mass is 10.3. The van der Waals surface area contributed by atoms with E-state index in [2.05, 4.69) is 20.9 Å². The first-order valence-corrected chi connectivity index (χ1v) is 9.63. The molecule has 0 spiro atoms. The van der Waals surface area contributed by atoms with E-state index in [1.807, 2.05) is 0 Å². The van der Waals surface area contributed by atoms with Crippen molar-refractivity contribution in [1.29, 1.82) is 0 Å². The van der Waals surface area contributed by atoms with E-state index in [1.54, 1.807) is 18.3 Å². The van der Waals surface area contributed by atoms with Gasteiger partial charge in [0.25, 0.3) is 5.69 Å². The molecule has 1 aromatic heterocycles. The van der Waals surface area contributed by atoms with E-state index in [1.165, 1.54) is 28.6 Å². The van der Waals surface area contributed by atoms with Gasteiger partial charge in [-0.15, -0.1) is 0 Å². The normalized spacial score (nSPS) is 18.2. The second kappa shape index (κ2) is 7.06. The van der Waals surface area contributed by atoms with Gasteiger partial charge in [0, 0.05) is 18.8 Å². The highest BCUT2D eigenvalue weighted by molar-refractivity contribution is 9.10. The van der Waals surface area contributed by atoms with Gasteiger partial charge in [0.1, 0.15) is 6.10 Å². The van der Waals surface area contributed by atoms with Crippen molar-refractivity contribution >= 4 is 31.6 Å². The summed E-state index contributed by atoms with van der Waals surface area (Å²) in [5.41, 5.74) is -0.431. The average Bonchev–Trinajstić information content (AvgIpc) is 3.06. The van der Waals surface area contributed by atoms with E-state index in [-0.39, 0.29) is 24.1 Å². The van der Waals surface area contributed by atoms with Crippen molar-refractivity contribution < 1.29 is 18.1 Å². The molecule has 10 heteroatoms. The second-order valence-corrected chi connectivity index (χ2v) is 8.17. The number of nitro groups is 1. The molecular formula is C15H14BrN3O5S. The minimum atomic E-state index is -3.97. The van der Waals surface area contributed by atoms with Gasteiger partial charge in [0.15, 0.2) is 4.90 Å². The van der Waals surface area contributed by atoms with E-state index in [4.69, 9.17) is 4.74 Å². The number of benzene rings is 1. The molecule has 1 aromatic carbocycles. The molecule has 3 rings (SSSR count). The molecule has 1 aliphatic rings. The molecule has 1 aliphatic heterocycles. The molecular weight excluding hydrogens is 414 g/mol. The second-order valence-electron chi connectivity index (χ2n) is 5.41. The van der Waals surface area contributed by atoms with Crippen LogP contribution in [0.15, 0.2) is 52.0 Å². The summed E-state index contributed by atoms with van der Waals surface area (Å²) in [6, 6.07) is 8.86. The molecule has 0 bridgehead atoms. The van der Waals surface area contributed by atoms with Gasteiger partial charge in [-0.1, -0.05) is 12.1 Å². The number of aromatic nitrogens is 1. The Bertz CT molecular complexity index is 906. The minimum absolute atomic E-state index is 0.109. The Morgan fingerprint density at radius 1 is 1.28 bits per heavy atom. The van der Waals surface area contributed by atoms with E-state index in [0.29, 0.717) is 16.8 Å². The lowest BCUT2D eigenvalue weighted by Gasteiger charge is -2.17. The van der Waals surface area contributed by atoms with Gasteiger partial charge >= 0.3 is 0 Å². The van der Waals surface area contributed by atoms with Crippen LogP contribution in [0.1, 0.15) is 6.42 Å². The molecule has 0 N–H and O–H groups in total. The first-order valence-electron chi connectivity index (χ1n) is 7.40. The van der Waals surface area contributed by atoms with Gasteiger partial charge in [0.05, 0.1) is 15.9 Å². The van der Waals surface area contributed by atoms with Crippen molar-refractivity contribution in [3.05, 3.63) is 57.2 Å². The molecule has 1 fully saturated rings. The summed E-state index contributed by atoms with van der Waals surface area (Å²) in [7, 11) is -3.97. The van der Waals surface area contributed by atoms with Crippen LogP contribution in [-0.2, 0) is 10.0 Å². The Morgan fingerprint density at radius 2 is 2.04 bits per heavy atom. The van der Waals surface area contributed by atoms with E-state index in [9.17, 15) is 18.5 Å². The van der Waals surface area contributed by atoms with Crippen LogP contribution in [0.5, 0.6) is 5.88 Å². The SMILES string of the molecule is O=[N+]([O-])c1ccccc1S(=O)(=O)N1CCC(Oc2ncccc2Br)C1. The molecule has 0 radical (unpaired) electrons. The number of para-hydroxylation sites is 1. The number of pyridine rings is 1. The number of hydrogen-bond donors (Lipinski definition) is 0. The van der Waals surface area contributed by atoms with Crippen molar-refractivity contribution in [3.63, 3.8) is 0 Å². The van der Waals surface area contributed by atoms with E-state index < -0.39 is 20.6 Å².